The summed E-state index contributed by atoms with van der Waals surface area (Å²) in [6.07, 6.45) is -7.82. The molecule has 0 radical (unpaired) electrons. The first-order chi connectivity index (χ1) is 18.3. The van der Waals surface area contributed by atoms with Crippen LogP contribution in [0.2, 0.25) is 0 Å². The zero-order valence-electron chi connectivity index (χ0n) is 20.6. The molecule has 0 aliphatic carbocycles. The van der Waals surface area contributed by atoms with E-state index in [2.05, 4.69) is 0 Å². The van der Waals surface area contributed by atoms with Crippen LogP contribution in [-0.4, -0.2) is 85.9 Å². The van der Waals surface area contributed by atoms with Gasteiger partial charge < -0.3 is 58.0 Å². The summed E-state index contributed by atoms with van der Waals surface area (Å²) in [5, 5.41) is 40.3. The standard InChI is InChI=1S/C25H26O13/c1-31-20-16-11(27)7-13(10-4-5-12-14(6-10)35-9-34-12)36-21(16)23(33-3)24(22(20)32-2)38-25-19(30)18(29)17(28)15(8-26)37-25/h4-7,15,17-19,25-26,28-30H,8-9H2,1-3H3. The van der Waals surface area contributed by atoms with E-state index in [0.29, 0.717) is 17.1 Å². The van der Waals surface area contributed by atoms with Gasteiger partial charge in [-0.25, -0.2) is 0 Å². The van der Waals surface area contributed by atoms with Crippen LogP contribution in [0.5, 0.6) is 34.5 Å². The molecule has 1 saturated heterocycles. The molecule has 2 aromatic carbocycles. The van der Waals surface area contributed by atoms with Crippen molar-refractivity contribution in [1.29, 1.82) is 0 Å². The number of methoxy groups -OCH3 is 3. The van der Waals surface area contributed by atoms with Crippen molar-refractivity contribution in [2.24, 2.45) is 0 Å². The van der Waals surface area contributed by atoms with Crippen molar-refractivity contribution in [1.82, 2.24) is 0 Å². The van der Waals surface area contributed by atoms with Gasteiger partial charge in [-0.3, -0.25) is 4.79 Å². The van der Waals surface area contributed by atoms with Gasteiger partial charge in [-0.15, -0.1) is 0 Å². The van der Waals surface area contributed by atoms with Crippen LogP contribution in [0, 0.1) is 0 Å². The van der Waals surface area contributed by atoms with Crippen LogP contribution in [-0.2, 0) is 4.74 Å². The van der Waals surface area contributed by atoms with E-state index >= 15 is 0 Å². The lowest BCUT2D eigenvalue weighted by molar-refractivity contribution is -0.277. The minimum Gasteiger partial charge on any atom is -0.492 e. The first-order valence-corrected chi connectivity index (χ1v) is 11.5. The van der Waals surface area contributed by atoms with Gasteiger partial charge in [0.05, 0.1) is 27.9 Å². The Morgan fingerprint density at radius 1 is 0.868 bits per heavy atom. The second-order valence-electron chi connectivity index (χ2n) is 8.49. The van der Waals surface area contributed by atoms with Gasteiger partial charge in [0.25, 0.3) is 0 Å². The van der Waals surface area contributed by atoms with Crippen LogP contribution < -0.4 is 33.8 Å². The molecular weight excluding hydrogens is 508 g/mol. The van der Waals surface area contributed by atoms with Crippen molar-refractivity contribution in [3.8, 4) is 45.8 Å². The molecule has 1 fully saturated rings. The number of hydrogen-bond acceptors (Lipinski definition) is 13. The Kier molecular flexibility index (Phi) is 6.94. The Bertz CT molecular complexity index is 1400. The summed E-state index contributed by atoms with van der Waals surface area (Å²) >= 11 is 0. The van der Waals surface area contributed by atoms with Gasteiger partial charge in [0.2, 0.25) is 30.3 Å². The molecule has 13 heteroatoms. The third-order valence-corrected chi connectivity index (χ3v) is 6.35. The molecule has 3 heterocycles. The van der Waals surface area contributed by atoms with Crippen molar-refractivity contribution >= 4 is 11.0 Å². The fourth-order valence-corrected chi connectivity index (χ4v) is 4.44. The molecule has 5 rings (SSSR count). The summed E-state index contributed by atoms with van der Waals surface area (Å²) < 4.78 is 44.8. The van der Waals surface area contributed by atoms with Gasteiger partial charge in [0.15, 0.2) is 28.3 Å². The number of rotatable bonds is 7. The molecular formula is C25H26O13. The normalized spacial score (nSPS) is 24.3. The van der Waals surface area contributed by atoms with Gasteiger partial charge >= 0.3 is 0 Å². The lowest BCUT2D eigenvalue weighted by atomic mass is 9.99. The summed E-state index contributed by atoms with van der Waals surface area (Å²) in [4.78, 5) is 13.3. The third kappa shape index (κ3) is 4.14. The highest BCUT2D eigenvalue weighted by atomic mass is 16.7. The zero-order chi connectivity index (χ0) is 27.1. The van der Waals surface area contributed by atoms with E-state index in [9.17, 15) is 25.2 Å². The van der Waals surface area contributed by atoms with Crippen LogP contribution in [0.3, 0.4) is 0 Å². The van der Waals surface area contributed by atoms with Crippen molar-refractivity contribution in [3.63, 3.8) is 0 Å². The Balaban J connectivity index is 1.68. The van der Waals surface area contributed by atoms with Gasteiger partial charge in [0.1, 0.15) is 35.6 Å². The van der Waals surface area contributed by atoms with Gasteiger partial charge in [-0.2, -0.15) is 0 Å². The van der Waals surface area contributed by atoms with Crippen molar-refractivity contribution in [2.75, 3.05) is 34.7 Å². The van der Waals surface area contributed by atoms with Crippen molar-refractivity contribution in [3.05, 3.63) is 34.5 Å². The highest BCUT2D eigenvalue weighted by Crippen LogP contribution is 2.51. The number of hydrogen-bond donors (Lipinski definition) is 4. The maximum Gasteiger partial charge on any atom is 0.231 e. The van der Waals surface area contributed by atoms with Crippen LogP contribution in [0.25, 0.3) is 22.3 Å². The summed E-state index contributed by atoms with van der Waals surface area (Å²) in [7, 11) is 3.91. The monoisotopic (exact) mass is 534 g/mol. The second kappa shape index (κ2) is 10.2. The van der Waals surface area contributed by atoms with Crippen molar-refractivity contribution < 1.29 is 58.0 Å². The number of aliphatic hydroxyl groups excluding tert-OH is 4. The van der Waals surface area contributed by atoms with Gasteiger partial charge in [0, 0.05) is 11.6 Å². The van der Waals surface area contributed by atoms with E-state index in [1.807, 2.05) is 0 Å². The largest absolute Gasteiger partial charge is 0.492 e. The van der Waals surface area contributed by atoms with E-state index < -0.39 is 42.7 Å². The first kappa shape index (κ1) is 25.9. The first-order valence-electron chi connectivity index (χ1n) is 11.5. The molecule has 0 spiro atoms. The highest BCUT2D eigenvalue weighted by molar-refractivity contribution is 5.95. The molecule has 0 amide bonds. The van der Waals surface area contributed by atoms with Gasteiger partial charge in [-0.05, 0) is 18.2 Å². The third-order valence-electron chi connectivity index (χ3n) is 6.35. The maximum atomic E-state index is 13.3. The number of benzene rings is 2. The van der Waals surface area contributed by atoms with E-state index in [1.165, 1.54) is 27.4 Å². The number of fused-ring (bicyclic) bond motifs is 2. The predicted octanol–water partition coefficient (Wildman–Crippen LogP) is 0.393. The van der Waals surface area contributed by atoms with E-state index in [0.717, 1.165) is 0 Å². The molecule has 4 N–H and O–H groups in total. The van der Waals surface area contributed by atoms with E-state index in [1.54, 1.807) is 18.2 Å². The van der Waals surface area contributed by atoms with Crippen LogP contribution in [0.1, 0.15) is 0 Å². The topological polar surface area (TPSA) is 176 Å². The average Bonchev–Trinajstić information content (AvgIpc) is 3.40. The molecule has 2 aliphatic heterocycles. The molecule has 2 aliphatic rings. The van der Waals surface area contributed by atoms with Gasteiger partial charge in [-0.1, -0.05) is 0 Å². The molecule has 5 atom stereocenters. The van der Waals surface area contributed by atoms with E-state index in [4.69, 9.17) is 37.6 Å². The molecule has 38 heavy (non-hydrogen) atoms. The number of ether oxygens (including phenoxy) is 7. The summed E-state index contributed by atoms with van der Waals surface area (Å²) in [5.74, 6) is 0.784. The second-order valence-corrected chi connectivity index (χ2v) is 8.49. The summed E-state index contributed by atoms with van der Waals surface area (Å²) in [6.45, 7) is -0.586. The molecule has 3 aromatic rings. The Labute approximate surface area is 215 Å². The molecule has 1 aromatic heterocycles. The maximum absolute atomic E-state index is 13.3. The molecule has 0 bridgehead atoms. The predicted molar refractivity (Wildman–Crippen MR) is 128 cm³/mol. The minimum atomic E-state index is -1.73. The Hall–Kier alpha value is -3.75. The lowest BCUT2D eigenvalue weighted by Gasteiger charge is -2.39. The van der Waals surface area contributed by atoms with E-state index in [-0.39, 0.29) is 46.5 Å². The smallest absolute Gasteiger partial charge is 0.231 e. The average molecular weight is 534 g/mol. The molecule has 0 saturated carbocycles. The van der Waals surface area contributed by atoms with Crippen molar-refractivity contribution in [2.45, 2.75) is 30.7 Å². The Morgan fingerprint density at radius 3 is 2.26 bits per heavy atom. The lowest BCUT2D eigenvalue weighted by Crippen LogP contribution is -2.60. The molecule has 13 nitrogen and oxygen atoms in total. The SMILES string of the molecule is COc1c(OC2OC(CO)C(O)C(O)C2O)c(OC)c2oc(-c3ccc4c(c3)OCO4)cc(=O)c2c1OC. The highest BCUT2D eigenvalue weighted by Gasteiger charge is 2.45. The minimum absolute atomic E-state index is 0.00755. The fraction of sp³-hybridized carbons (Fsp3) is 0.400. The number of aliphatic hydroxyl groups is 4. The zero-order valence-corrected chi connectivity index (χ0v) is 20.6. The summed E-state index contributed by atoms with van der Waals surface area (Å²) in [5.41, 5.74) is -0.0295. The molecule has 204 valence electrons. The fourth-order valence-electron chi connectivity index (χ4n) is 4.44. The quantitative estimate of drug-likeness (QED) is 0.328. The molecule has 5 unspecified atom stereocenters. The van der Waals surface area contributed by atoms with Crippen LogP contribution in [0.4, 0.5) is 0 Å². The summed E-state index contributed by atoms with van der Waals surface area (Å²) in [6, 6.07) is 6.31. The van der Waals surface area contributed by atoms with Crippen LogP contribution >= 0.6 is 0 Å². The van der Waals surface area contributed by atoms with Crippen LogP contribution in [0.15, 0.2) is 33.5 Å². The Morgan fingerprint density at radius 2 is 1.58 bits per heavy atom.